The number of pyridine rings is 1. The van der Waals surface area contributed by atoms with E-state index >= 15 is 0 Å². The van der Waals surface area contributed by atoms with Crippen LogP contribution in [-0.2, 0) is 16.1 Å². The summed E-state index contributed by atoms with van der Waals surface area (Å²) in [4.78, 5) is 43.5. The Hall–Kier alpha value is -3.22. The maximum atomic E-state index is 12.3. The van der Waals surface area contributed by atoms with Crippen LogP contribution in [0.25, 0.3) is 0 Å². The molecule has 0 aliphatic carbocycles. The maximum absolute atomic E-state index is 12.3. The van der Waals surface area contributed by atoms with Gasteiger partial charge in [0.25, 0.3) is 11.7 Å². The van der Waals surface area contributed by atoms with Gasteiger partial charge in [0, 0.05) is 44.1 Å². The average Bonchev–Trinajstić information content (AvgIpc) is 2.72. The average molecular weight is 353 g/mol. The Kier molecular flexibility index (Phi) is 5.58. The van der Waals surface area contributed by atoms with Crippen LogP contribution in [-0.4, -0.2) is 58.7 Å². The highest BCUT2D eigenvalue weighted by molar-refractivity contribution is 6.42. The largest absolute Gasteiger partial charge is 0.445 e. The summed E-state index contributed by atoms with van der Waals surface area (Å²) in [6, 6.07) is 12.6. The predicted molar refractivity (Wildman–Crippen MR) is 93.3 cm³/mol. The Labute approximate surface area is 151 Å². The summed E-state index contributed by atoms with van der Waals surface area (Å²) in [6.45, 7) is 1.47. The second-order valence-electron chi connectivity index (χ2n) is 5.89. The Morgan fingerprint density at radius 2 is 1.62 bits per heavy atom. The van der Waals surface area contributed by atoms with E-state index in [9.17, 15) is 14.4 Å². The van der Waals surface area contributed by atoms with Gasteiger partial charge in [0.1, 0.15) is 6.61 Å². The number of carbonyl (C=O) groups is 3. The van der Waals surface area contributed by atoms with Crippen molar-refractivity contribution in [1.82, 2.24) is 14.8 Å². The lowest BCUT2D eigenvalue weighted by atomic mass is 10.1. The van der Waals surface area contributed by atoms with Gasteiger partial charge in [-0.15, -0.1) is 0 Å². The smallest absolute Gasteiger partial charge is 0.410 e. The Balaban J connectivity index is 1.48. The van der Waals surface area contributed by atoms with Crippen LogP contribution >= 0.6 is 0 Å². The van der Waals surface area contributed by atoms with E-state index in [1.165, 1.54) is 11.1 Å². The lowest BCUT2D eigenvalue weighted by molar-refractivity contribution is -0.128. The van der Waals surface area contributed by atoms with Crippen LogP contribution in [0.15, 0.2) is 54.9 Å². The van der Waals surface area contributed by atoms with E-state index in [4.69, 9.17) is 4.74 Å². The lowest BCUT2D eigenvalue weighted by Crippen LogP contribution is -2.52. The van der Waals surface area contributed by atoms with Crippen molar-refractivity contribution in [3.8, 4) is 0 Å². The van der Waals surface area contributed by atoms with E-state index in [1.807, 2.05) is 30.3 Å². The molecule has 1 saturated heterocycles. The van der Waals surface area contributed by atoms with Crippen LogP contribution in [0.1, 0.15) is 15.9 Å². The number of hydrogen-bond acceptors (Lipinski definition) is 5. The SMILES string of the molecule is O=C(C(=O)N1CCN(C(=O)OCc2ccccc2)CC1)c1cccnc1. The molecule has 0 bridgehead atoms. The molecule has 0 spiro atoms. The summed E-state index contributed by atoms with van der Waals surface area (Å²) >= 11 is 0. The Morgan fingerprint density at radius 3 is 2.27 bits per heavy atom. The monoisotopic (exact) mass is 353 g/mol. The van der Waals surface area contributed by atoms with Gasteiger partial charge in [-0.05, 0) is 17.7 Å². The van der Waals surface area contributed by atoms with Crippen molar-refractivity contribution < 1.29 is 19.1 Å². The highest BCUT2D eigenvalue weighted by atomic mass is 16.6. The van der Waals surface area contributed by atoms with Crippen LogP contribution in [0.2, 0.25) is 0 Å². The molecule has 1 aliphatic heterocycles. The molecule has 26 heavy (non-hydrogen) atoms. The first-order valence-corrected chi connectivity index (χ1v) is 8.34. The summed E-state index contributed by atoms with van der Waals surface area (Å²) in [5.41, 5.74) is 1.18. The molecule has 0 atom stereocenters. The summed E-state index contributed by atoms with van der Waals surface area (Å²) in [5, 5.41) is 0. The molecule has 1 fully saturated rings. The van der Waals surface area contributed by atoms with Crippen LogP contribution in [0.4, 0.5) is 4.79 Å². The minimum atomic E-state index is -0.585. The van der Waals surface area contributed by atoms with Crippen molar-refractivity contribution in [2.75, 3.05) is 26.2 Å². The van der Waals surface area contributed by atoms with Crippen molar-refractivity contribution in [1.29, 1.82) is 0 Å². The number of Topliss-reactive ketones (excluding diaryl/α,β-unsaturated/α-hetero) is 1. The highest BCUT2D eigenvalue weighted by Gasteiger charge is 2.29. The van der Waals surface area contributed by atoms with Crippen LogP contribution < -0.4 is 0 Å². The van der Waals surface area contributed by atoms with Crippen molar-refractivity contribution in [3.63, 3.8) is 0 Å². The first kappa shape index (κ1) is 17.6. The van der Waals surface area contributed by atoms with Gasteiger partial charge in [-0.3, -0.25) is 14.6 Å². The summed E-state index contributed by atoms with van der Waals surface area (Å²) in [5.74, 6) is -1.16. The third-order valence-corrected chi connectivity index (χ3v) is 4.15. The van der Waals surface area contributed by atoms with Crippen LogP contribution in [0.3, 0.4) is 0 Å². The van der Waals surface area contributed by atoms with Gasteiger partial charge in [-0.1, -0.05) is 30.3 Å². The van der Waals surface area contributed by atoms with Gasteiger partial charge in [0.2, 0.25) is 0 Å². The molecule has 0 saturated carbocycles. The molecule has 7 nitrogen and oxygen atoms in total. The maximum Gasteiger partial charge on any atom is 0.410 e. The summed E-state index contributed by atoms with van der Waals surface area (Å²) in [6.07, 6.45) is 2.50. The van der Waals surface area contributed by atoms with E-state index in [1.54, 1.807) is 23.2 Å². The number of hydrogen-bond donors (Lipinski definition) is 0. The third kappa shape index (κ3) is 4.24. The number of ketones is 1. The quantitative estimate of drug-likeness (QED) is 0.618. The predicted octanol–water partition coefficient (Wildman–Crippen LogP) is 1.75. The molecule has 2 aromatic rings. The Morgan fingerprint density at radius 1 is 0.923 bits per heavy atom. The number of nitrogens with zero attached hydrogens (tertiary/aromatic N) is 3. The molecule has 1 aromatic heterocycles. The minimum absolute atomic E-state index is 0.207. The molecular formula is C19H19N3O4. The molecule has 2 heterocycles. The molecule has 2 amide bonds. The zero-order chi connectivity index (χ0) is 18.4. The number of aromatic nitrogens is 1. The van der Waals surface area contributed by atoms with Crippen molar-refractivity contribution >= 4 is 17.8 Å². The lowest BCUT2D eigenvalue weighted by Gasteiger charge is -2.33. The van der Waals surface area contributed by atoms with Gasteiger partial charge >= 0.3 is 6.09 Å². The fraction of sp³-hybridized carbons (Fsp3) is 0.263. The topological polar surface area (TPSA) is 79.8 Å². The first-order chi connectivity index (χ1) is 12.6. The van der Waals surface area contributed by atoms with E-state index in [0.717, 1.165) is 5.56 Å². The Bertz CT molecular complexity index is 772. The third-order valence-electron chi connectivity index (χ3n) is 4.15. The zero-order valence-corrected chi connectivity index (χ0v) is 14.2. The first-order valence-electron chi connectivity index (χ1n) is 8.34. The van der Waals surface area contributed by atoms with Crippen molar-refractivity contribution in [2.45, 2.75) is 6.61 Å². The van der Waals surface area contributed by atoms with Gasteiger partial charge in [-0.25, -0.2) is 4.79 Å². The molecule has 1 aromatic carbocycles. The van der Waals surface area contributed by atoms with Crippen molar-refractivity contribution in [3.05, 3.63) is 66.0 Å². The molecule has 7 heteroatoms. The minimum Gasteiger partial charge on any atom is -0.445 e. The second-order valence-corrected chi connectivity index (χ2v) is 5.89. The standard InChI is InChI=1S/C19H19N3O4/c23-17(16-7-4-8-20-13-16)18(24)21-9-11-22(12-10-21)19(25)26-14-15-5-2-1-3-6-15/h1-8,13H,9-12,14H2. The number of benzene rings is 1. The van der Waals surface area contributed by atoms with Crippen molar-refractivity contribution in [2.24, 2.45) is 0 Å². The number of amides is 2. The fourth-order valence-electron chi connectivity index (χ4n) is 2.67. The number of carbonyl (C=O) groups excluding carboxylic acids is 3. The molecule has 3 rings (SSSR count). The molecular weight excluding hydrogens is 334 g/mol. The molecule has 0 radical (unpaired) electrons. The van der Waals surface area contributed by atoms with Gasteiger partial charge in [0.15, 0.2) is 0 Å². The number of ether oxygens (including phenoxy) is 1. The summed E-state index contributed by atoms with van der Waals surface area (Å²) < 4.78 is 5.29. The molecule has 134 valence electrons. The number of piperazine rings is 1. The van der Waals surface area contributed by atoms with Crippen LogP contribution in [0, 0.1) is 0 Å². The van der Waals surface area contributed by atoms with E-state index < -0.39 is 17.8 Å². The highest BCUT2D eigenvalue weighted by Crippen LogP contribution is 2.09. The van der Waals surface area contributed by atoms with Gasteiger partial charge < -0.3 is 14.5 Å². The second kappa shape index (κ2) is 8.24. The van der Waals surface area contributed by atoms with E-state index in [-0.39, 0.29) is 12.2 Å². The van der Waals surface area contributed by atoms with Crippen LogP contribution in [0.5, 0.6) is 0 Å². The molecule has 0 unspecified atom stereocenters. The number of rotatable bonds is 4. The molecule has 0 N–H and O–H groups in total. The fourth-order valence-corrected chi connectivity index (χ4v) is 2.67. The normalized spacial score (nSPS) is 14.0. The van der Waals surface area contributed by atoms with E-state index in [2.05, 4.69) is 4.98 Å². The molecule has 1 aliphatic rings. The van der Waals surface area contributed by atoms with Gasteiger partial charge in [-0.2, -0.15) is 0 Å². The van der Waals surface area contributed by atoms with E-state index in [0.29, 0.717) is 26.2 Å². The summed E-state index contributed by atoms with van der Waals surface area (Å²) in [7, 11) is 0. The zero-order valence-electron chi connectivity index (χ0n) is 14.2. The van der Waals surface area contributed by atoms with Gasteiger partial charge in [0.05, 0.1) is 0 Å².